The van der Waals surface area contributed by atoms with E-state index in [4.69, 9.17) is 4.98 Å². The molecule has 0 aliphatic heterocycles. The number of nitriles is 1. The van der Waals surface area contributed by atoms with E-state index in [2.05, 4.69) is 37.0 Å². The van der Waals surface area contributed by atoms with Gasteiger partial charge in [-0.25, -0.2) is 0 Å². The van der Waals surface area contributed by atoms with Gasteiger partial charge in [-0.1, -0.05) is 27.2 Å². The molecule has 1 N–H and O–H groups in total. The van der Waals surface area contributed by atoms with Crippen LogP contribution in [-0.4, -0.2) is 15.2 Å². The predicted molar refractivity (Wildman–Crippen MR) is 91.2 cm³/mol. The van der Waals surface area contributed by atoms with Crippen molar-refractivity contribution < 1.29 is 0 Å². The predicted octanol–water partition coefficient (Wildman–Crippen LogP) is 4.22. The van der Waals surface area contributed by atoms with Crippen LogP contribution in [0.1, 0.15) is 68.1 Å². The van der Waals surface area contributed by atoms with Gasteiger partial charge in [0.25, 0.3) is 0 Å². The fourth-order valence-electron chi connectivity index (χ4n) is 3.45. The van der Waals surface area contributed by atoms with Gasteiger partial charge in [-0.05, 0) is 43.7 Å². The number of fused-ring (bicyclic) bond motifs is 1. The summed E-state index contributed by atoms with van der Waals surface area (Å²) in [4.78, 5) is 4.96. The minimum atomic E-state index is -0.158. The molecule has 4 heteroatoms. The van der Waals surface area contributed by atoms with Crippen LogP contribution in [0.25, 0.3) is 11.3 Å². The molecule has 0 amide bonds. The van der Waals surface area contributed by atoms with Gasteiger partial charge in [-0.2, -0.15) is 10.4 Å². The zero-order valence-electron chi connectivity index (χ0n) is 14.5. The van der Waals surface area contributed by atoms with E-state index >= 15 is 0 Å². The number of aromatic amines is 1. The molecule has 120 valence electrons. The lowest BCUT2D eigenvalue weighted by Crippen LogP contribution is -2.19. The fourth-order valence-corrected chi connectivity index (χ4v) is 3.45. The molecule has 0 fully saturated rings. The molecule has 1 aliphatic rings. The first-order valence-corrected chi connectivity index (χ1v) is 8.40. The largest absolute Gasteiger partial charge is 0.278 e. The SMILES string of the molecule is Cc1cn[nH]c1-c1c(C#N)c(C(C)(C)C)nc2c1CCCCC2. The van der Waals surface area contributed by atoms with Gasteiger partial charge in [0.05, 0.1) is 23.1 Å². The summed E-state index contributed by atoms with van der Waals surface area (Å²) in [5.41, 5.74) is 6.99. The lowest BCUT2D eigenvalue weighted by Gasteiger charge is -2.24. The van der Waals surface area contributed by atoms with E-state index in [0.717, 1.165) is 41.8 Å². The molecule has 0 bridgehead atoms. The molecule has 0 spiro atoms. The van der Waals surface area contributed by atoms with Gasteiger partial charge in [0, 0.05) is 16.7 Å². The van der Waals surface area contributed by atoms with Crippen molar-refractivity contribution in [2.75, 3.05) is 0 Å². The molecular formula is C19H24N4. The van der Waals surface area contributed by atoms with Crippen LogP contribution < -0.4 is 0 Å². The van der Waals surface area contributed by atoms with E-state index in [-0.39, 0.29) is 5.41 Å². The van der Waals surface area contributed by atoms with Crippen LogP contribution in [0.3, 0.4) is 0 Å². The van der Waals surface area contributed by atoms with Crippen molar-refractivity contribution in [3.8, 4) is 17.3 Å². The Morgan fingerprint density at radius 2 is 1.91 bits per heavy atom. The number of rotatable bonds is 1. The summed E-state index contributed by atoms with van der Waals surface area (Å²) in [6, 6.07) is 2.45. The number of hydrogen-bond donors (Lipinski definition) is 1. The smallest absolute Gasteiger partial charge is 0.102 e. The van der Waals surface area contributed by atoms with Crippen molar-refractivity contribution in [2.24, 2.45) is 0 Å². The maximum absolute atomic E-state index is 9.90. The first-order chi connectivity index (χ1) is 10.9. The molecule has 4 nitrogen and oxygen atoms in total. The minimum absolute atomic E-state index is 0.158. The van der Waals surface area contributed by atoms with Crippen LogP contribution in [0.4, 0.5) is 0 Å². The molecule has 1 aliphatic carbocycles. The fraction of sp³-hybridized carbons (Fsp3) is 0.526. The summed E-state index contributed by atoms with van der Waals surface area (Å²) in [5, 5.41) is 17.2. The van der Waals surface area contributed by atoms with Crippen molar-refractivity contribution >= 4 is 0 Å². The van der Waals surface area contributed by atoms with Crippen molar-refractivity contribution in [1.29, 1.82) is 5.26 Å². The topological polar surface area (TPSA) is 65.4 Å². The molecule has 2 heterocycles. The van der Waals surface area contributed by atoms with Crippen molar-refractivity contribution in [3.05, 3.63) is 34.3 Å². The van der Waals surface area contributed by atoms with E-state index in [1.165, 1.54) is 24.1 Å². The first kappa shape index (κ1) is 15.7. The number of H-pyrrole nitrogens is 1. The van der Waals surface area contributed by atoms with Crippen LogP contribution in [0.5, 0.6) is 0 Å². The highest BCUT2D eigenvalue weighted by molar-refractivity contribution is 5.75. The monoisotopic (exact) mass is 308 g/mol. The van der Waals surface area contributed by atoms with E-state index in [1.54, 1.807) is 0 Å². The zero-order valence-corrected chi connectivity index (χ0v) is 14.5. The Labute approximate surface area is 138 Å². The molecular weight excluding hydrogens is 284 g/mol. The molecule has 2 aromatic heterocycles. The number of nitrogens with one attached hydrogen (secondary N) is 1. The Morgan fingerprint density at radius 3 is 2.52 bits per heavy atom. The van der Waals surface area contributed by atoms with Crippen molar-refractivity contribution in [2.45, 2.75) is 65.2 Å². The van der Waals surface area contributed by atoms with Gasteiger partial charge in [-0.3, -0.25) is 10.1 Å². The maximum Gasteiger partial charge on any atom is 0.102 e. The summed E-state index contributed by atoms with van der Waals surface area (Å²) < 4.78 is 0. The number of aryl methyl sites for hydroxylation is 2. The first-order valence-electron chi connectivity index (χ1n) is 8.40. The zero-order chi connectivity index (χ0) is 16.6. The van der Waals surface area contributed by atoms with Crippen molar-refractivity contribution in [1.82, 2.24) is 15.2 Å². The average Bonchev–Trinajstić information content (AvgIpc) is 2.77. The Balaban J connectivity index is 2.39. The van der Waals surface area contributed by atoms with Crippen LogP contribution in [0, 0.1) is 18.3 Å². The van der Waals surface area contributed by atoms with E-state index in [9.17, 15) is 5.26 Å². The Bertz CT molecular complexity index is 772. The second kappa shape index (κ2) is 5.81. The molecule has 0 radical (unpaired) electrons. The normalized spacial score (nSPS) is 14.9. The second-order valence-corrected chi connectivity index (χ2v) is 7.49. The highest BCUT2D eigenvalue weighted by Gasteiger charge is 2.28. The maximum atomic E-state index is 9.90. The van der Waals surface area contributed by atoms with Crippen LogP contribution in [0.15, 0.2) is 6.20 Å². The van der Waals surface area contributed by atoms with Gasteiger partial charge < -0.3 is 0 Å². The lowest BCUT2D eigenvalue weighted by atomic mass is 9.83. The number of pyridine rings is 1. The highest BCUT2D eigenvalue weighted by Crippen LogP contribution is 2.38. The molecule has 23 heavy (non-hydrogen) atoms. The quantitative estimate of drug-likeness (QED) is 0.802. The highest BCUT2D eigenvalue weighted by atomic mass is 15.1. The van der Waals surface area contributed by atoms with E-state index in [0.29, 0.717) is 5.56 Å². The summed E-state index contributed by atoms with van der Waals surface area (Å²) in [6.45, 7) is 8.43. The van der Waals surface area contributed by atoms with Crippen LogP contribution in [0.2, 0.25) is 0 Å². The summed E-state index contributed by atoms with van der Waals surface area (Å²) >= 11 is 0. The van der Waals surface area contributed by atoms with Crippen LogP contribution in [-0.2, 0) is 18.3 Å². The summed E-state index contributed by atoms with van der Waals surface area (Å²) in [7, 11) is 0. The third-order valence-electron chi connectivity index (χ3n) is 4.63. The summed E-state index contributed by atoms with van der Waals surface area (Å²) in [6.07, 6.45) is 7.40. The number of nitrogens with zero attached hydrogens (tertiary/aromatic N) is 3. The molecule has 2 aromatic rings. The third-order valence-corrected chi connectivity index (χ3v) is 4.63. The lowest BCUT2D eigenvalue weighted by molar-refractivity contribution is 0.562. The van der Waals surface area contributed by atoms with E-state index < -0.39 is 0 Å². The third kappa shape index (κ3) is 2.76. The van der Waals surface area contributed by atoms with Gasteiger partial charge in [0.1, 0.15) is 6.07 Å². The number of aromatic nitrogens is 3. The Kier molecular flexibility index (Phi) is 3.97. The van der Waals surface area contributed by atoms with Gasteiger partial charge in [0.15, 0.2) is 0 Å². The van der Waals surface area contributed by atoms with Gasteiger partial charge in [-0.15, -0.1) is 0 Å². The molecule has 3 rings (SSSR count). The molecule has 0 saturated heterocycles. The van der Waals surface area contributed by atoms with Crippen molar-refractivity contribution in [3.63, 3.8) is 0 Å². The van der Waals surface area contributed by atoms with E-state index in [1.807, 2.05) is 13.1 Å². The van der Waals surface area contributed by atoms with Gasteiger partial charge >= 0.3 is 0 Å². The summed E-state index contributed by atoms with van der Waals surface area (Å²) in [5.74, 6) is 0. The van der Waals surface area contributed by atoms with Gasteiger partial charge in [0.2, 0.25) is 0 Å². The standard InChI is InChI=1S/C19H24N4/c1-12-11-21-23-17(12)16-13-8-6-5-7-9-15(13)22-18(14(16)10-20)19(2,3)4/h11H,5-9H2,1-4H3,(H,21,23). The number of hydrogen-bond acceptors (Lipinski definition) is 3. The molecule has 0 saturated carbocycles. The minimum Gasteiger partial charge on any atom is -0.278 e. The van der Waals surface area contributed by atoms with Crippen LogP contribution >= 0.6 is 0 Å². The Hall–Kier alpha value is -2.15. The average molecular weight is 308 g/mol. The molecule has 0 unspecified atom stereocenters. The Morgan fingerprint density at radius 1 is 1.17 bits per heavy atom. The molecule has 0 atom stereocenters. The second-order valence-electron chi connectivity index (χ2n) is 7.49. The molecule has 0 aromatic carbocycles.